The Hall–Kier alpha value is -3.62. The number of nitrogens with one attached hydrogen (secondary N) is 1. The Balaban J connectivity index is 1.41. The first-order chi connectivity index (χ1) is 14.1. The second kappa shape index (κ2) is 8.17. The van der Waals surface area contributed by atoms with Crippen molar-refractivity contribution in [1.29, 1.82) is 0 Å². The van der Waals surface area contributed by atoms with Crippen molar-refractivity contribution in [2.24, 2.45) is 0 Å². The molecule has 1 amide bonds. The average molecular weight is 393 g/mol. The van der Waals surface area contributed by atoms with Gasteiger partial charge in [-0.1, -0.05) is 0 Å². The number of amides is 1. The van der Waals surface area contributed by atoms with Gasteiger partial charge in [0, 0.05) is 44.6 Å². The number of pyridine rings is 2. The highest BCUT2D eigenvalue weighted by Gasteiger charge is 2.24. The second-order valence-electron chi connectivity index (χ2n) is 6.74. The highest BCUT2D eigenvalue weighted by molar-refractivity contribution is 5.94. The fourth-order valence-corrected chi connectivity index (χ4v) is 3.18. The number of carbonyl (C=O) groups excluding carboxylic acids is 1. The summed E-state index contributed by atoms with van der Waals surface area (Å²) in [4.78, 5) is 32.8. The van der Waals surface area contributed by atoms with E-state index < -0.39 is 5.82 Å². The molecular weight excluding hydrogens is 373 g/mol. The summed E-state index contributed by atoms with van der Waals surface area (Å²) < 4.78 is 13.8. The number of piperazine rings is 1. The molecule has 9 heteroatoms. The molecule has 0 saturated carbocycles. The predicted molar refractivity (Wildman–Crippen MR) is 107 cm³/mol. The van der Waals surface area contributed by atoms with Gasteiger partial charge in [0.05, 0.1) is 11.8 Å². The first kappa shape index (κ1) is 18.7. The third kappa shape index (κ3) is 4.29. The number of carbonyl (C=O) groups is 1. The molecule has 29 heavy (non-hydrogen) atoms. The lowest BCUT2D eigenvalue weighted by molar-refractivity contribution is 0.0741. The SMILES string of the molecule is Cc1ccnc(Nc2cc(N3CCN(C(=O)c4ccncc4F)CC3)ncn2)c1. The summed E-state index contributed by atoms with van der Waals surface area (Å²) >= 11 is 0. The summed E-state index contributed by atoms with van der Waals surface area (Å²) in [6.07, 6.45) is 5.71. The Kier molecular flexibility index (Phi) is 5.28. The van der Waals surface area contributed by atoms with Gasteiger partial charge in [-0.2, -0.15) is 0 Å². The van der Waals surface area contributed by atoms with Gasteiger partial charge in [0.1, 0.15) is 23.8 Å². The predicted octanol–water partition coefficient (Wildman–Crippen LogP) is 2.42. The summed E-state index contributed by atoms with van der Waals surface area (Å²) in [5.41, 5.74) is 1.15. The van der Waals surface area contributed by atoms with E-state index >= 15 is 0 Å². The third-order valence-electron chi connectivity index (χ3n) is 4.72. The highest BCUT2D eigenvalue weighted by atomic mass is 19.1. The summed E-state index contributed by atoms with van der Waals surface area (Å²) in [7, 11) is 0. The van der Waals surface area contributed by atoms with Gasteiger partial charge in [0.25, 0.3) is 5.91 Å². The fourth-order valence-electron chi connectivity index (χ4n) is 3.18. The van der Waals surface area contributed by atoms with Crippen LogP contribution in [-0.4, -0.2) is 56.9 Å². The standard InChI is InChI=1S/C20H20FN7O/c1-14-2-5-23-17(10-14)26-18-11-19(25-13-24-18)27-6-8-28(9-7-27)20(29)15-3-4-22-12-16(15)21/h2-5,10-13H,6-9H2,1H3,(H,23,24,25,26). The number of rotatable bonds is 4. The number of halogens is 1. The molecule has 0 atom stereocenters. The molecule has 0 bridgehead atoms. The molecule has 0 radical (unpaired) electrons. The number of nitrogens with zero attached hydrogens (tertiary/aromatic N) is 6. The van der Waals surface area contributed by atoms with Crippen LogP contribution in [-0.2, 0) is 0 Å². The number of aromatic nitrogens is 4. The summed E-state index contributed by atoms with van der Waals surface area (Å²) in [5.74, 6) is 1.20. The van der Waals surface area contributed by atoms with Crippen molar-refractivity contribution in [2.45, 2.75) is 6.92 Å². The molecule has 1 aliphatic rings. The van der Waals surface area contributed by atoms with Crippen LogP contribution in [0.1, 0.15) is 15.9 Å². The minimum absolute atomic E-state index is 0.0487. The summed E-state index contributed by atoms with van der Waals surface area (Å²) in [6.45, 7) is 4.14. The Morgan fingerprint density at radius 3 is 2.59 bits per heavy atom. The van der Waals surface area contributed by atoms with Crippen LogP contribution in [0.5, 0.6) is 0 Å². The molecule has 0 aromatic carbocycles. The molecule has 0 aliphatic carbocycles. The smallest absolute Gasteiger partial charge is 0.257 e. The molecule has 1 saturated heterocycles. The number of hydrogen-bond donors (Lipinski definition) is 1. The van der Waals surface area contributed by atoms with Crippen molar-refractivity contribution in [1.82, 2.24) is 24.8 Å². The van der Waals surface area contributed by atoms with E-state index in [1.807, 2.05) is 25.1 Å². The van der Waals surface area contributed by atoms with E-state index in [0.717, 1.165) is 17.6 Å². The van der Waals surface area contributed by atoms with E-state index in [-0.39, 0.29) is 11.5 Å². The Morgan fingerprint density at radius 1 is 1.03 bits per heavy atom. The van der Waals surface area contributed by atoms with E-state index in [2.05, 4.69) is 30.2 Å². The average Bonchev–Trinajstić information content (AvgIpc) is 2.74. The zero-order valence-electron chi connectivity index (χ0n) is 15.9. The van der Waals surface area contributed by atoms with E-state index in [9.17, 15) is 9.18 Å². The molecular formula is C20H20FN7O. The monoisotopic (exact) mass is 393 g/mol. The molecule has 1 N–H and O–H groups in total. The molecule has 148 valence electrons. The van der Waals surface area contributed by atoms with Crippen molar-refractivity contribution in [3.05, 3.63) is 66.1 Å². The quantitative estimate of drug-likeness (QED) is 0.728. The lowest BCUT2D eigenvalue weighted by atomic mass is 10.2. The van der Waals surface area contributed by atoms with E-state index in [0.29, 0.717) is 37.8 Å². The molecule has 4 rings (SSSR count). The van der Waals surface area contributed by atoms with Crippen molar-refractivity contribution in [3.8, 4) is 0 Å². The van der Waals surface area contributed by atoms with Crippen LogP contribution >= 0.6 is 0 Å². The van der Waals surface area contributed by atoms with Gasteiger partial charge in [-0.15, -0.1) is 0 Å². The first-order valence-electron chi connectivity index (χ1n) is 9.25. The largest absolute Gasteiger partial charge is 0.353 e. The van der Waals surface area contributed by atoms with Gasteiger partial charge in [0.2, 0.25) is 0 Å². The summed E-state index contributed by atoms with van der Waals surface area (Å²) in [6, 6.07) is 7.12. The molecule has 1 aliphatic heterocycles. The van der Waals surface area contributed by atoms with Gasteiger partial charge in [-0.05, 0) is 30.7 Å². The van der Waals surface area contributed by atoms with Crippen LogP contribution in [0.2, 0.25) is 0 Å². The molecule has 4 heterocycles. The molecule has 8 nitrogen and oxygen atoms in total. The van der Waals surface area contributed by atoms with Crippen molar-refractivity contribution >= 4 is 23.4 Å². The molecule has 0 unspecified atom stereocenters. The van der Waals surface area contributed by atoms with Crippen molar-refractivity contribution in [3.63, 3.8) is 0 Å². The van der Waals surface area contributed by atoms with Crippen LogP contribution in [0.25, 0.3) is 0 Å². The van der Waals surface area contributed by atoms with Crippen molar-refractivity contribution in [2.75, 3.05) is 36.4 Å². The van der Waals surface area contributed by atoms with Gasteiger partial charge in [-0.25, -0.2) is 19.3 Å². The van der Waals surface area contributed by atoms with Crippen LogP contribution in [0, 0.1) is 12.7 Å². The zero-order chi connectivity index (χ0) is 20.2. The third-order valence-corrected chi connectivity index (χ3v) is 4.72. The Labute approximate surface area is 167 Å². The van der Waals surface area contributed by atoms with Gasteiger partial charge >= 0.3 is 0 Å². The maximum atomic E-state index is 13.8. The lowest BCUT2D eigenvalue weighted by Gasteiger charge is -2.35. The van der Waals surface area contributed by atoms with Crippen LogP contribution in [0.4, 0.5) is 21.8 Å². The number of aryl methyl sites for hydroxylation is 1. The number of hydrogen-bond acceptors (Lipinski definition) is 7. The van der Waals surface area contributed by atoms with E-state index in [1.54, 1.807) is 11.1 Å². The maximum absolute atomic E-state index is 13.8. The van der Waals surface area contributed by atoms with Crippen LogP contribution in [0.3, 0.4) is 0 Å². The highest BCUT2D eigenvalue weighted by Crippen LogP contribution is 2.20. The topological polar surface area (TPSA) is 87.1 Å². The second-order valence-corrected chi connectivity index (χ2v) is 6.74. The Morgan fingerprint density at radius 2 is 1.83 bits per heavy atom. The fraction of sp³-hybridized carbons (Fsp3) is 0.250. The molecule has 0 spiro atoms. The number of anilines is 3. The molecule has 3 aromatic heterocycles. The minimum atomic E-state index is -0.601. The van der Waals surface area contributed by atoms with Crippen LogP contribution < -0.4 is 10.2 Å². The molecule has 1 fully saturated rings. The molecule has 3 aromatic rings. The first-order valence-corrected chi connectivity index (χ1v) is 9.25. The van der Waals surface area contributed by atoms with Gasteiger partial charge in [-0.3, -0.25) is 9.78 Å². The lowest BCUT2D eigenvalue weighted by Crippen LogP contribution is -2.49. The van der Waals surface area contributed by atoms with E-state index in [1.165, 1.54) is 18.6 Å². The maximum Gasteiger partial charge on any atom is 0.257 e. The zero-order valence-corrected chi connectivity index (χ0v) is 15.9. The van der Waals surface area contributed by atoms with Crippen molar-refractivity contribution < 1.29 is 9.18 Å². The van der Waals surface area contributed by atoms with Gasteiger partial charge < -0.3 is 15.1 Å². The Bertz CT molecular complexity index is 1020. The van der Waals surface area contributed by atoms with E-state index in [4.69, 9.17) is 0 Å². The van der Waals surface area contributed by atoms with Crippen LogP contribution in [0.15, 0.2) is 49.2 Å². The minimum Gasteiger partial charge on any atom is -0.353 e. The normalized spacial score (nSPS) is 14.0. The summed E-state index contributed by atoms with van der Waals surface area (Å²) in [5, 5.41) is 3.18. The van der Waals surface area contributed by atoms with Gasteiger partial charge in [0.15, 0.2) is 5.82 Å².